The van der Waals surface area contributed by atoms with Gasteiger partial charge in [0.2, 0.25) is 5.91 Å². The maximum absolute atomic E-state index is 12.1. The van der Waals surface area contributed by atoms with Gasteiger partial charge in [0.1, 0.15) is 0 Å². The zero-order valence-electron chi connectivity index (χ0n) is 13.4. The van der Waals surface area contributed by atoms with E-state index in [4.69, 9.17) is 11.6 Å². The Morgan fingerprint density at radius 2 is 1.92 bits per heavy atom. The molecule has 4 nitrogen and oxygen atoms in total. The Morgan fingerprint density at radius 1 is 1.17 bits per heavy atom. The van der Waals surface area contributed by atoms with E-state index in [0.717, 1.165) is 23.4 Å². The highest BCUT2D eigenvalue weighted by atomic mass is 35.5. The molecule has 5 heteroatoms. The van der Waals surface area contributed by atoms with Crippen LogP contribution in [0.3, 0.4) is 0 Å². The van der Waals surface area contributed by atoms with Crippen LogP contribution in [-0.2, 0) is 17.6 Å². The molecule has 0 radical (unpaired) electrons. The Labute approximate surface area is 146 Å². The summed E-state index contributed by atoms with van der Waals surface area (Å²) >= 11 is 6.08. The highest BCUT2D eigenvalue weighted by Crippen LogP contribution is 2.17. The Kier molecular flexibility index (Phi) is 4.96. The van der Waals surface area contributed by atoms with Crippen molar-refractivity contribution in [3.63, 3.8) is 0 Å². The average molecular weight is 340 g/mol. The summed E-state index contributed by atoms with van der Waals surface area (Å²) in [6, 6.07) is 15.0. The summed E-state index contributed by atoms with van der Waals surface area (Å²) in [6.45, 7) is 2.10. The molecule has 1 aromatic heterocycles. The van der Waals surface area contributed by atoms with Gasteiger partial charge in [-0.05, 0) is 47.9 Å². The number of carbonyl (C=O) groups excluding carboxylic acids is 1. The van der Waals surface area contributed by atoms with Crippen molar-refractivity contribution in [1.29, 1.82) is 0 Å². The van der Waals surface area contributed by atoms with Crippen molar-refractivity contribution in [3.05, 3.63) is 77.1 Å². The average Bonchev–Trinajstić information content (AvgIpc) is 3.07. The first kappa shape index (κ1) is 16.3. The van der Waals surface area contributed by atoms with Crippen LogP contribution in [-0.4, -0.2) is 15.7 Å². The van der Waals surface area contributed by atoms with Crippen LogP contribution >= 0.6 is 11.6 Å². The number of hydrogen-bond acceptors (Lipinski definition) is 2. The Hall–Kier alpha value is -2.59. The first-order valence-corrected chi connectivity index (χ1v) is 8.20. The van der Waals surface area contributed by atoms with Gasteiger partial charge in [-0.25, -0.2) is 4.68 Å². The van der Waals surface area contributed by atoms with E-state index >= 15 is 0 Å². The van der Waals surface area contributed by atoms with Crippen LogP contribution in [0.4, 0.5) is 5.69 Å². The van der Waals surface area contributed by atoms with Crippen molar-refractivity contribution in [3.8, 4) is 5.69 Å². The number of benzene rings is 2. The highest BCUT2D eigenvalue weighted by molar-refractivity contribution is 6.31. The first-order chi connectivity index (χ1) is 11.7. The minimum atomic E-state index is -0.0943. The fraction of sp³-hybridized carbons (Fsp3) is 0.158. The lowest BCUT2D eigenvalue weighted by Gasteiger charge is -2.08. The van der Waals surface area contributed by atoms with Gasteiger partial charge >= 0.3 is 0 Å². The van der Waals surface area contributed by atoms with Gasteiger partial charge in [-0.2, -0.15) is 5.10 Å². The molecule has 2 aromatic carbocycles. The van der Waals surface area contributed by atoms with Gasteiger partial charge in [0, 0.05) is 16.9 Å². The number of carbonyl (C=O) groups is 1. The molecule has 122 valence electrons. The van der Waals surface area contributed by atoms with E-state index in [0.29, 0.717) is 5.02 Å². The summed E-state index contributed by atoms with van der Waals surface area (Å²) in [5.74, 6) is -0.0943. The topological polar surface area (TPSA) is 46.9 Å². The van der Waals surface area contributed by atoms with Gasteiger partial charge in [-0.15, -0.1) is 0 Å². The van der Waals surface area contributed by atoms with Crippen LogP contribution < -0.4 is 5.32 Å². The van der Waals surface area contributed by atoms with Crippen molar-refractivity contribution < 1.29 is 4.79 Å². The molecule has 1 heterocycles. The molecule has 0 aliphatic rings. The molecule has 0 aliphatic carbocycles. The van der Waals surface area contributed by atoms with Gasteiger partial charge in [0.05, 0.1) is 18.3 Å². The number of halogens is 1. The van der Waals surface area contributed by atoms with Crippen molar-refractivity contribution in [2.45, 2.75) is 19.8 Å². The Balaban J connectivity index is 1.65. The number of aryl methyl sites for hydroxylation is 1. The largest absolute Gasteiger partial charge is 0.326 e. The molecular formula is C19H18ClN3O. The lowest BCUT2D eigenvalue weighted by molar-refractivity contribution is -0.115. The molecule has 0 bridgehead atoms. The monoisotopic (exact) mass is 339 g/mol. The molecule has 0 aliphatic heterocycles. The maximum atomic E-state index is 12.1. The molecule has 24 heavy (non-hydrogen) atoms. The highest BCUT2D eigenvalue weighted by Gasteiger charge is 2.07. The van der Waals surface area contributed by atoms with Gasteiger partial charge in [0.25, 0.3) is 0 Å². The minimum Gasteiger partial charge on any atom is -0.326 e. The minimum absolute atomic E-state index is 0.0943. The zero-order chi connectivity index (χ0) is 16.9. The molecular weight excluding hydrogens is 322 g/mol. The van der Waals surface area contributed by atoms with Crippen LogP contribution in [0.15, 0.2) is 60.9 Å². The molecule has 1 amide bonds. The van der Waals surface area contributed by atoms with Gasteiger partial charge in [-0.1, -0.05) is 36.7 Å². The summed E-state index contributed by atoms with van der Waals surface area (Å²) in [5, 5.41) is 7.82. The number of hydrogen-bond donors (Lipinski definition) is 1. The summed E-state index contributed by atoms with van der Waals surface area (Å²) < 4.78 is 1.83. The van der Waals surface area contributed by atoms with Crippen molar-refractivity contribution >= 4 is 23.2 Å². The van der Waals surface area contributed by atoms with Crippen LogP contribution in [0, 0.1) is 0 Å². The summed E-state index contributed by atoms with van der Waals surface area (Å²) in [4.78, 5) is 12.1. The van der Waals surface area contributed by atoms with E-state index in [9.17, 15) is 4.79 Å². The normalized spacial score (nSPS) is 10.6. The van der Waals surface area contributed by atoms with E-state index in [2.05, 4.69) is 17.3 Å². The molecule has 3 rings (SSSR count). The van der Waals surface area contributed by atoms with E-state index in [1.165, 1.54) is 5.56 Å². The molecule has 1 N–H and O–H groups in total. The Bertz CT molecular complexity index is 840. The number of aromatic nitrogens is 2. The predicted octanol–water partition coefficient (Wildman–Crippen LogP) is 4.27. The lowest BCUT2D eigenvalue weighted by atomic mass is 10.1. The second-order valence-corrected chi connectivity index (χ2v) is 5.92. The fourth-order valence-corrected chi connectivity index (χ4v) is 2.60. The van der Waals surface area contributed by atoms with Crippen LogP contribution in [0.25, 0.3) is 5.69 Å². The molecule has 0 saturated carbocycles. The van der Waals surface area contributed by atoms with E-state index < -0.39 is 0 Å². The molecule has 0 spiro atoms. The summed E-state index contributed by atoms with van der Waals surface area (Å²) in [6.07, 6.45) is 5.07. The smallest absolute Gasteiger partial charge is 0.228 e. The third-order valence-corrected chi connectivity index (χ3v) is 4.14. The van der Waals surface area contributed by atoms with Crippen LogP contribution in [0.2, 0.25) is 5.02 Å². The van der Waals surface area contributed by atoms with Gasteiger partial charge in [-0.3, -0.25) is 4.79 Å². The quantitative estimate of drug-likeness (QED) is 0.754. The second-order valence-electron chi connectivity index (χ2n) is 5.51. The standard InChI is InChI=1S/C19H18ClN3O/c1-2-14-12-21-23(13-14)17-9-7-16(8-10-17)22-19(24)11-15-5-3-4-6-18(15)20/h3-10,12-13H,2,11H2,1H3,(H,22,24). The first-order valence-electron chi connectivity index (χ1n) is 7.83. The molecule has 0 atom stereocenters. The van der Waals surface area contributed by atoms with Gasteiger partial charge < -0.3 is 5.32 Å². The maximum Gasteiger partial charge on any atom is 0.228 e. The Morgan fingerprint density at radius 3 is 2.58 bits per heavy atom. The summed E-state index contributed by atoms with van der Waals surface area (Å²) in [7, 11) is 0. The number of anilines is 1. The van der Waals surface area contributed by atoms with E-state index in [1.807, 2.05) is 59.5 Å². The molecule has 0 fully saturated rings. The fourth-order valence-electron chi connectivity index (χ4n) is 2.40. The number of nitrogens with zero attached hydrogens (tertiary/aromatic N) is 2. The third kappa shape index (κ3) is 3.84. The predicted molar refractivity (Wildman–Crippen MR) is 96.7 cm³/mol. The number of nitrogens with one attached hydrogen (secondary N) is 1. The van der Waals surface area contributed by atoms with Gasteiger partial charge in [0.15, 0.2) is 0 Å². The van der Waals surface area contributed by atoms with Crippen molar-refractivity contribution in [2.24, 2.45) is 0 Å². The lowest BCUT2D eigenvalue weighted by Crippen LogP contribution is -2.14. The van der Waals surface area contributed by atoms with Crippen LogP contribution in [0.1, 0.15) is 18.1 Å². The summed E-state index contributed by atoms with van der Waals surface area (Å²) in [5.41, 5.74) is 3.71. The SMILES string of the molecule is CCc1cnn(-c2ccc(NC(=O)Cc3ccccc3Cl)cc2)c1. The molecule has 0 unspecified atom stereocenters. The van der Waals surface area contributed by atoms with Crippen molar-refractivity contribution in [2.75, 3.05) is 5.32 Å². The van der Waals surface area contributed by atoms with Crippen LogP contribution in [0.5, 0.6) is 0 Å². The zero-order valence-corrected chi connectivity index (χ0v) is 14.1. The molecule has 3 aromatic rings. The number of amides is 1. The third-order valence-electron chi connectivity index (χ3n) is 3.77. The number of rotatable bonds is 5. The van der Waals surface area contributed by atoms with E-state index in [-0.39, 0.29) is 12.3 Å². The van der Waals surface area contributed by atoms with E-state index in [1.54, 1.807) is 6.07 Å². The second kappa shape index (κ2) is 7.32. The molecule has 0 saturated heterocycles. The van der Waals surface area contributed by atoms with Crippen molar-refractivity contribution in [1.82, 2.24) is 9.78 Å².